The van der Waals surface area contributed by atoms with Gasteiger partial charge in [-0.2, -0.15) is 0 Å². The molecule has 0 spiro atoms. The van der Waals surface area contributed by atoms with Gasteiger partial charge in [0, 0.05) is 12.4 Å². The second-order valence-electron chi connectivity index (χ2n) is 3.73. The molecule has 2 aromatic rings. The number of allylic oxidation sites excluding steroid dienone is 2. The molecule has 100 valence electrons. The van der Waals surface area contributed by atoms with E-state index in [-0.39, 0.29) is 0 Å². The summed E-state index contributed by atoms with van der Waals surface area (Å²) in [5, 5.41) is 0. The Morgan fingerprint density at radius 1 is 0.850 bits per heavy atom. The molecule has 0 radical (unpaired) electrons. The van der Waals surface area contributed by atoms with E-state index in [2.05, 4.69) is 9.97 Å². The molecule has 2 heterocycles. The number of carbonyl (C=O) groups is 2. The highest BCUT2D eigenvalue weighted by molar-refractivity contribution is 6.10. The van der Waals surface area contributed by atoms with Crippen LogP contribution in [0.15, 0.2) is 48.8 Å². The number of halogens is 2. The molecule has 4 nitrogen and oxygen atoms in total. The molecular formula is C14H8F2N2O2. The maximum atomic E-state index is 13.3. The molecule has 0 aromatic carbocycles. The van der Waals surface area contributed by atoms with Crippen LogP contribution in [0.5, 0.6) is 0 Å². The number of hydrogen-bond acceptors (Lipinski definition) is 4. The molecular weight excluding hydrogens is 266 g/mol. The van der Waals surface area contributed by atoms with Crippen molar-refractivity contribution in [2.24, 2.45) is 0 Å². The normalized spacial score (nSPS) is 10.7. The third-order valence-electron chi connectivity index (χ3n) is 2.37. The molecule has 6 heteroatoms. The van der Waals surface area contributed by atoms with E-state index in [1.165, 1.54) is 24.5 Å². The molecule has 0 bridgehead atoms. The Balaban J connectivity index is 2.18. The van der Waals surface area contributed by atoms with Gasteiger partial charge in [0.05, 0.1) is 0 Å². The average molecular weight is 274 g/mol. The van der Waals surface area contributed by atoms with Crippen LogP contribution in [-0.4, -0.2) is 21.5 Å². The fourth-order valence-corrected chi connectivity index (χ4v) is 1.44. The lowest BCUT2D eigenvalue weighted by molar-refractivity contribution is 0.101. The highest BCUT2D eigenvalue weighted by Gasteiger charge is 2.12. The van der Waals surface area contributed by atoms with E-state index in [4.69, 9.17) is 0 Å². The lowest BCUT2D eigenvalue weighted by Crippen LogP contribution is -2.05. The second-order valence-corrected chi connectivity index (χ2v) is 3.73. The first-order chi connectivity index (χ1) is 9.59. The molecule has 0 amide bonds. The van der Waals surface area contributed by atoms with Crippen molar-refractivity contribution in [3.63, 3.8) is 0 Å². The van der Waals surface area contributed by atoms with Gasteiger partial charge in [0.25, 0.3) is 0 Å². The fourth-order valence-electron chi connectivity index (χ4n) is 1.44. The van der Waals surface area contributed by atoms with E-state index in [1.54, 1.807) is 0 Å². The van der Waals surface area contributed by atoms with Gasteiger partial charge in [0.15, 0.2) is 11.6 Å². The number of carbonyl (C=O) groups excluding carboxylic acids is 2. The number of aromatic nitrogens is 2. The molecule has 0 aliphatic carbocycles. The standard InChI is InChI=1S/C14H8F2N2O2/c15-9-3-1-7-17-13(9)11(19)5-6-12(20)14-10(16)4-2-8-18-14/h1-8H. The van der Waals surface area contributed by atoms with Crippen LogP contribution >= 0.6 is 0 Å². The number of ketones is 2. The van der Waals surface area contributed by atoms with Gasteiger partial charge in [-0.05, 0) is 36.4 Å². The topological polar surface area (TPSA) is 59.9 Å². The van der Waals surface area contributed by atoms with Crippen molar-refractivity contribution < 1.29 is 18.4 Å². The fraction of sp³-hybridized carbons (Fsp3) is 0. The highest BCUT2D eigenvalue weighted by Crippen LogP contribution is 2.07. The SMILES string of the molecule is O=C(C=CC(=O)c1ncccc1F)c1ncccc1F. The molecule has 0 unspecified atom stereocenters. The van der Waals surface area contributed by atoms with Crippen molar-refractivity contribution in [1.82, 2.24) is 9.97 Å². The third-order valence-corrected chi connectivity index (χ3v) is 2.37. The van der Waals surface area contributed by atoms with Crippen LogP contribution in [0.3, 0.4) is 0 Å². The summed E-state index contributed by atoms with van der Waals surface area (Å²) in [6.07, 6.45) is 4.18. The molecule has 0 aliphatic heterocycles. The van der Waals surface area contributed by atoms with Crippen molar-refractivity contribution in [3.8, 4) is 0 Å². The van der Waals surface area contributed by atoms with Crippen LogP contribution in [-0.2, 0) is 0 Å². The monoisotopic (exact) mass is 274 g/mol. The number of hydrogen-bond donors (Lipinski definition) is 0. The van der Waals surface area contributed by atoms with Crippen molar-refractivity contribution in [2.45, 2.75) is 0 Å². The van der Waals surface area contributed by atoms with Gasteiger partial charge < -0.3 is 0 Å². The summed E-state index contributed by atoms with van der Waals surface area (Å²) in [5.41, 5.74) is -0.809. The molecule has 2 aromatic heterocycles. The van der Waals surface area contributed by atoms with Gasteiger partial charge in [-0.25, -0.2) is 18.7 Å². The van der Waals surface area contributed by atoms with E-state index >= 15 is 0 Å². The first kappa shape index (κ1) is 13.7. The second kappa shape index (κ2) is 5.92. The lowest BCUT2D eigenvalue weighted by atomic mass is 10.2. The number of rotatable bonds is 4. The Kier molecular flexibility index (Phi) is 4.05. The summed E-state index contributed by atoms with van der Waals surface area (Å²) < 4.78 is 26.6. The van der Waals surface area contributed by atoms with Crippen LogP contribution in [0.25, 0.3) is 0 Å². The highest BCUT2D eigenvalue weighted by atomic mass is 19.1. The minimum Gasteiger partial charge on any atom is -0.287 e. The summed E-state index contributed by atoms with van der Waals surface area (Å²) >= 11 is 0. The van der Waals surface area contributed by atoms with Crippen molar-refractivity contribution >= 4 is 11.6 Å². The first-order valence-corrected chi connectivity index (χ1v) is 5.57. The Labute approximate surface area is 112 Å². The van der Waals surface area contributed by atoms with Crippen molar-refractivity contribution in [2.75, 3.05) is 0 Å². The quantitative estimate of drug-likeness (QED) is 0.634. The van der Waals surface area contributed by atoms with E-state index < -0.39 is 34.6 Å². The molecule has 0 saturated carbocycles. The van der Waals surface area contributed by atoms with E-state index in [1.807, 2.05) is 0 Å². The van der Waals surface area contributed by atoms with Crippen molar-refractivity contribution in [1.29, 1.82) is 0 Å². The van der Waals surface area contributed by atoms with E-state index in [9.17, 15) is 18.4 Å². The maximum Gasteiger partial charge on any atom is 0.207 e. The minimum absolute atomic E-state index is 0.405. The first-order valence-electron chi connectivity index (χ1n) is 5.57. The zero-order valence-corrected chi connectivity index (χ0v) is 10.1. The third kappa shape index (κ3) is 2.97. The Bertz CT molecular complexity index is 640. The summed E-state index contributed by atoms with van der Waals surface area (Å²) in [5.74, 6) is -3.15. The molecule has 0 atom stereocenters. The Morgan fingerprint density at radius 3 is 1.60 bits per heavy atom. The minimum atomic E-state index is -0.793. The predicted octanol–water partition coefficient (Wildman–Crippen LogP) is 2.38. The van der Waals surface area contributed by atoms with Crippen LogP contribution in [0.1, 0.15) is 21.0 Å². The predicted molar refractivity (Wildman–Crippen MR) is 66.2 cm³/mol. The molecule has 0 N–H and O–H groups in total. The molecule has 20 heavy (non-hydrogen) atoms. The summed E-state index contributed by atoms with van der Waals surface area (Å²) in [7, 11) is 0. The van der Waals surface area contributed by atoms with Crippen molar-refractivity contribution in [3.05, 3.63) is 71.8 Å². The van der Waals surface area contributed by atoms with Gasteiger partial charge in [0.1, 0.15) is 11.4 Å². The van der Waals surface area contributed by atoms with Crippen LogP contribution in [0.4, 0.5) is 8.78 Å². The molecule has 2 rings (SSSR count). The zero-order valence-electron chi connectivity index (χ0n) is 10.1. The smallest absolute Gasteiger partial charge is 0.207 e. The zero-order chi connectivity index (χ0) is 14.5. The Morgan fingerprint density at radius 2 is 1.25 bits per heavy atom. The largest absolute Gasteiger partial charge is 0.287 e. The lowest BCUT2D eigenvalue weighted by Gasteiger charge is -1.97. The van der Waals surface area contributed by atoms with Gasteiger partial charge in [-0.15, -0.1) is 0 Å². The van der Waals surface area contributed by atoms with E-state index in [0.717, 1.165) is 24.3 Å². The number of nitrogens with zero attached hydrogens (tertiary/aromatic N) is 2. The van der Waals surface area contributed by atoms with Gasteiger partial charge >= 0.3 is 0 Å². The van der Waals surface area contributed by atoms with Crippen LogP contribution < -0.4 is 0 Å². The molecule has 0 saturated heterocycles. The van der Waals surface area contributed by atoms with E-state index in [0.29, 0.717) is 0 Å². The summed E-state index contributed by atoms with van der Waals surface area (Å²) in [6, 6.07) is 4.83. The van der Waals surface area contributed by atoms with Gasteiger partial charge in [0.2, 0.25) is 11.6 Å². The Hall–Kier alpha value is -2.76. The molecule has 0 fully saturated rings. The van der Waals surface area contributed by atoms with Crippen LogP contribution in [0.2, 0.25) is 0 Å². The van der Waals surface area contributed by atoms with Gasteiger partial charge in [-0.3, -0.25) is 9.59 Å². The summed E-state index contributed by atoms with van der Waals surface area (Å²) in [6.45, 7) is 0. The average Bonchev–Trinajstić information content (AvgIpc) is 2.45. The molecule has 0 aliphatic rings. The number of pyridine rings is 2. The maximum absolute atomic E-state index is 13.3. The van der Waals surface area contributed by atoms with Crippen LogP contribution in [0, 0.1) is 11.6 Å². The van der Waals surface area contributed by atoms with Gasteiger partial charge in [-0.1, -0.05) is 0 Å². The summed E-state index contributed by atoms with van der Waals surface area (Å²) in [4.78, 5) is 30.4.